The minimum Gasteiger partial charge on any atom is -0.481 e. The SMILES string of the molecule is Cc1cc(C(=O)N2CCC[C@H](c3nccs3)C2)cc(C)c1OCC(=O)O. The summed E-state index contributed by atoms with van der Waals surface area (Å²) in [6.45, 7) is 4.69. The van der Waals surface area contributed by atoms with Crippen molar-refractivity contribution in [1.29, 1.82) is 0 Å². The number of hydrogen-bond donors (Lipinski definition) is 1. The number of rotatable bonds is 5. The molecule has 1 atom stereocenters. The maximum Gasteiger partial charge on any atom is 0.341 e. The van der Waals surface area contributed by atoms with Crippen LogP contribution in [0.1, 0.15) is 45.3 Å². The van der Waals surface area contributed by atoms with E-state index >= 15 is 0 Å². The lowest BCUT2D eigenvalue weighted by Crippen LogP contribution is -2.39. The van der Waals surface area contributed by atoms with E-state index in [4.69, 9.17) is 9.84 Å². The van der Waals surface area contributed by atoms with Crippen LogP contribution >= 0.6 is 11.3 Å². The lowest BCUT2D eigenvalue weighted by molar-refractivity contribution is -0.139. The van der Waals surface area contributed by atoms with Crippen molar-refractivity contribution in [3.8, 4) is 5.75 Å². The molecule has 26 heavy (non-hydrogen) atoms. The number of aryl methyl sites for hydroxylation is 2. The first kappa shape index (κ1) is 18.4. The Morgan fingerprint density at radius 1 is 1.35 bits per heavy atom. The second-order valence-corrected chi connectivity index (χ2v) is 7.51. The van der Waals surface area contributed by atoms with Crippen LogP contribution in [0.2, 0.25) is 0 Å². The van der Waals surface area contributed by atoms with E-state index in [1.807, 2.05) is 30.3 Å². The number of piperidine rings is 1. The summed E-state index contributed by atoms with van der Waals surface area (Å²) in [6, 6.07) is 3.55. The number of thiazole rings is 1. The molecule has 1 aliphatic rings. The smallest absolute Gasteiger partial charge is 0.341 e. The second kappa shape index (κ2) is 7.86. The average Bonchev–Trinajstić information content (AvgIpc) is 3.15. The van der Waals surface area contributed by atoms with Gasteiger partial charge in [0.05, 0.1) is 5.01 Å². The van der Waals surface area contributed by atoms with E-state index < -0.39 is 12.6 Å². The highest BCUT2D eigenvalue weighted by molar-refractivity contribution is 7.09. The molecule has 0 spiro atoms. The molecule has 1 fully saturated rings. The zero-order valence-corrected chi connectivity index (χ0v) is 15.7. The zero-order valence-electron chi connectivity index (χ0n) is 14.9. The Hall–Kier alpha value is -2.41. The molecule has 0 radical (unpaired) electrons. The Morgan fingerprint density at radius 3 is 2.69 bits per heavy atom. The highest BCUT2D eigenvalue weighted by Crippen LogP contribution is 2.30. The number of carbonyl (C=O) groups is 2. The molecule has 0 bridgehead atoms. The van der Waals surface area contributed by atoms with Gasteiger partial charge in [-0.15, -0.1) is 11.3 Å². The van der Waals surface area contributed by atoms with Gasteiger partial charge in [-0.05, 0) is 49.9 Å². The Balaban J connectivity index is 1.76. The predicted molar refractivity (Wildman–Crippen MR) is 99.0 cm³/mol. The third-order valence-corrected chi connectivity index (χ3v) is 5.49. The first-order valence-electron chi connectivity index (χ1n) is 8.60. The summed E-state index contributed by atoms with van der Waals surface area (Å²) in [4.78, 5) is 30.0. The largest absolute Gasteiger partial charge is 0.481 e. The van der Waals surface area contributed by atoms with Crippen molar-refractivity contribution in [3.05, 3.63) is 45.4 Å². The van der Waals surface area contributed by atoms with Gasteiger partial charge in [-0.3, -0.25) is 4.79 Å². The Kier molecular flexibility index (Phi) is 5.56. The number of amides is 1. The number of carboxylic acid groups (broad SMARTS) is 1. The summed E-state index contributed by atoms with van der Waals surface area (Å²) >= 11 is 1.64. The average molecular weight is 374 g/mol. The number of aromatic nitrogens is 1. The van der Waals surface area contributed by atoms with Gasteiger partial charge in [-0.25, -0.2) is 9.78 Å². The van der Waals surface area contributed by atoms with Crippen LogP contribution in [0, 0.1) is 13.8 Å². The Labute approximate surface area is 156 Å². The molecule has 2 aromatic rings. The molecule has 1 aromatic carbocycles. The van der Waals surface area contributed by atoms with Gasteiger partial charge < -0.3 is 14.7 Å². The topological polar surface area (TPSA) is 79.7 Å². The number of likely N-dealkylation sites (tertiary alicyclic amines) is 1. The zero-order chi connectivity index (χ0) is 18.7. The molecule has 6 nitrogen and oxygen atoms in total. The minimum absolute atomic E-state index is 0.00207. The molecular weight excluding hydrogens is 352 g/mol. The third-order valence-electron chi connectivity index (χ3n) is 4.56. The van der Waals surface area contributed by atoms with Gasteiger partial charge in [0.2, 0.25) is 0 Å². The Morgan fingerprint density at radius 2 is 2.08 bits per heavy atom. The molecule has 1 aromatic heterocycles. The fourth-order valence-electron chi connectivity index (χ4n) is 3.42. The quantitative estimate of drug-likeness (QED) is 0.869. The second-order valence-electron chi connectivity index (χ2n) is 6.58. The van der Waals surface area contributed by atoms with Crippen LogP contribution in [0.15, 0.2) is 23.7 Å². The van der Waals surface area contributed by atoms with Crippen LogP contribution < -0.4 is 4.74 Å². The summed E-state index contributed by atoms with van der Waals surface area (Å²) in [6.07, 6.45) is 3.83. The number of ether oxygens (including phenoxy) is 1. The number of carbonyl (C=O) groups excluding carboxylic acids is 1. The number of carboxylic acids is 1. The lowest BCUT2D eigenvalue weighted by Gasteiger charge is -2.32. The third kappa shape index (κ3) is 4.04. The van der Waals surface area contributed by atoms with Crippen LogP contribution in [0.5, 0.6) is 5.75 Å². The Bertz CT molecular complexity index is 781. The van der Waals surface area contributed by atoms with E-state index in [2.05, 4.69) is 4.98 Å². The maximum atomic E-state index is 13.0. The molecule has 0 aliphatic carbocycles. The van der Waals surface area contributed by atoms with Crippen LogP contribution in [-0.2, 0) is 4.79 Å². The van der Waals surface area contributed by atoms with Gasteiger partial charge in [0.25, 0.3) is 5.91 Å². The number of nitrogens with zero attached hydrogens (tertiary/aromatic N) is 2. The van der Waals surface area contributed by atoms with Crippen molar-refractivity contribution in [1.82, 2.24) is 9.88 Å². The van der Waals surface area contributed by atoms with E-state index in [9.17, 15) is 9.59 Å². The summed E-state index contributed by atoms with van der Waals surface area (Å²) < 4.78 is 5.34. The molecular formula is C19H22N2O4S. The fourth-order valence-corrected chi connectivity index (χ4v) is 4.18. The van der Waals surface area contributed by atoms with E-state index in [0.29, 0.717) is 23.8 Å². The van der Waals surface area contributed by atoms with Crippen LogP contribution in [0.4, 0.5) is 0 Å². The molecule has 1 aliphatic heterocycles. The van der Waals surface area contributed by atoms with Crippen LogP contribution in [-0.4, -0.2) is 46.6 Å². The summed E-state index contributed by atoms with van der Waals surface area (Å²) in [5.74, 6) is -0.191. The lowest BCUT2D eigenvalue weighted by atomic mass is 9.97. The normalized spacial score (nSPS) is 17.2. The van der Waals surface area contributed by atoms with Crippen molar-refractivity contribution in [3.63, 3.8) is 0 Å². The van der Waals surface area contributed by atoms with Crippen molar-refractivity contribution in [2.45, 2.75) is 32.6 Å². The number of benzene rings is 1. The van der Waals surface area contributed by atoms with Crippen molar-refractivity contribution < 1.29 is 19.4 Å². The van der Waals surface area contributed by atoms with Crippen LogP contribution in [0.3, 0.4) is 0 Å². The monoisotopic (exact) mass is 374 g/mol. The van der Waals surface area contributed by atoms with E-state index in [1.54, 1.807) is 23.5 Å². The van der Waals surface area contributed by atoms with Gasteiger partial charge >= 0.3 is 5.97 Å². The highest BCUT2D eigenvalue weighted by atomic mass is 32.1. The van der Waals surface area contributed by atoms with Crippen molar-refractivity contribution in [2.75, 3.05) is 19.7 Å². The van der Waals surface area contributed by atoms with Crippen molar-refractivity contribution in [2.24, 2.45) is 0 Å². The summed E-state index contributed by atoms with van der Waals surface area (Å²) in [5, 5.41) is 11.8. The van der Waals surface area contributed by atoms with Gasteiger partial charge in [-0.2, -0.15) is 0 Å². The van der Waals surface area contributed by atoms with Crippen molar-refractivity contribution >= 4 is 23.2 Å². The fraction of sp³-hybridized carbons (Fsp3) is 0.421. The molecule has 0 unspecified atom stereocenters. The first-order valence-corrected chi connectivity index (χ1v) is 9.48. The van der Waals surface area contributed by atoms with Gasteiger partial charge in [-0.1, -0.05) is 0 Å². The first-order chi connectivity index (χ1) is 12.5. The molecule has 138 valence electrons. The molecule has 1 N–H and O–H groups in total. The highest BCUT2D eigenvalue weighted by Gasteiger charge is 2.27. The van der Waals surface area contributed by atoms with Gasteiger partial charge in [0.1, 0.15) is 5.75 Å². The van der Waals surface area contributed by atoms with Gasteiger partial charge in [0, 0.05) is 36.1 Å². The molecule has 7 heteroatoms. The van der Waals surface area contributed by atoms with Gasteiger partial charge in [0.15, 0.2) is 6.61 Å². The molecule has 1 saturated heterocycles. The molecule has 3 rings (SSSR count). The summed E-state index contributed by atoms with van der Waals surface area (Å²) in [5.41, 5.74) is 2.15. The number of aliphatic carboxylic acids is 1. The molecule has 2 heterocycles. The van der Waals surface area contributed by atoms with E-state index in [1.165, 1.54) is 0 Å². The number of hydrogen-bond acceptors (Lipinski definition) is 5. The molecule has 1 amide bonds. The summed E-state index contributed by atoms with van der Waals surface area (Å²) in [7, 11) is 0. The van der Waals surface area contributed by atoms with Crippen LogP contribution in [0.25, 0.3) is 0 Å². The van der Waals surface area contributed by atoms with E-state index in [-0.39, 0.29) is 5.91 Å². The maximum absolute atomic E-state index is 13.0. The van der Waals surface area contributed by atoms with E-state index in [0.717, 1.165) is 35.5 Å². The standard InChI is InChI=1S/C19H22N2O4S/c1-12-8-15(9-13(2)17(12)25-11-16(22)23)19(24)21-6-3-4-14(10-21)18-20-5-7-26-18/h5,7-9,14H,3-4,6,10-11H2,1-2H3,(H,22,23)/t14-/m0/s1. The minimum atomic E-state index is -1.02. The predicted octanol–water partition coefficient (Wildman–Crippen LogP) is 3.24. The molecule has 0 saturated carbocycles.